The number of hydrogen-bond acceptors (Lipinski definition) is 4. The van der Waals surface area contributed by atoms with Crippen molar-refractivity contribution in [3.8, 4) is 11.5 Å². The smallest absolute Gasteiger partial charge is 0.335 e. The van der Waals surface area contributed by atoms with Crippen molar-refractivity contribution in [3.63, 3.8) is 0 Å². The maximum Gasteiger partial charge on any atom is 0.335 e. The summed E-state index contributed by atoms with van der Waals surface area (Å²) in [5.41, 5.74) is 0.587. The zero-order chi connectivity index (χ0) is 26.4. The molecule has 0 heterocycles. The predicted molar refractivity (Wildman–Crippen MR) is 145 cm³/mol. The highest BCUT2D eigenvalue weighted by Gasteiger charge is 2.03. The number of unbranched alkanes of at least 4 members (excludes halogenated alkanes) is 10. The van der Waals surface area contributed by atoms with Crippen LogP contribution in [0.15, 0.2) is 48.5 Å². The van der Waals surface area contributed by atoms with E-state index in [4.69, 9.17) is 19.7 Å². The van der Waals surface area contributed by atoms with E-state index in [0.29, 0.717) is 24.3 Å². The van der Waals surface area contributed by atoms with Crippen molar-refractivity contribution < 1.29 is 29.3 Å². The van der Waals surface area contributed by atoms with E-state index < -0.39 is 11.9 Å². The van der Waals surface area contributed by atoms with E-state index in [1.807, 2.05) is 0 Å². The molecule has 2 aromatic rings. The third-order valence-electron chi connectivity index (χ3n) is 5.74. The van der Waals surface area contributed by atoms with Crippen molar-refractivity contribution >= 4 is 11.9 Å². The molecular weight excluding hydrogens is 456 g/mol. The summed E-state index contributed by atoms with van der Waals surface area (Å²) < 4.78 is 11.1. The predicted octanol–water partition coefficient (Wildman–Crippen LogP) is 8.25. The molecule has 6 heteroatoms. The average molecular weight is 501 g/mol. The Labute approximate surface area is 216 Å². The van der Waals surface area contributed by atoms with Gasteiger partial charge in [-0.1, -0.05) is 78.1 Å². The van der Waals surface area contributed by atoms with Crippen molar-refractivity contribution in [3.05, 3.63) is 59.7 Å². The summed E-state index contributed by atoms with van der Waals surface area (Å²) >= 11 is 0. The summed E-state index contributed by atoms with van der Waals surface area (Å²) in [4.78, 5) is 21.3. The van der Waals surface area contributed by atoms with E-state index >= 15 is 0 Å². The number of benzene rings is 2. The van der Waals surface area contributed by atoms with Gasteiger partial charge in [-0.2, -0.15) is 0 Å². The summed E-state index contributed by atoms with van der Waals surface area (Å²) in [6.07, 6.45) is 14.9. The molecule has 0 spiro atoms. The minimum atomic E-state index is -0.905. The van der Waals surface area contributed by atoms with Crippen LogP contribution in [0.2, 0.25) is 0 Å². The first-order chi connectivity index (χ1) is 17.5. The number of ether oxygens (including phenoxy) is 2. The van der Waals surface area contributed by atoms with Crippen molar-refractivity contribution in [2.45, 2.75) is 90.9 Å². The number of carboxylic acids is 2. The molecule has 0 amide bonds. The summed E-state index contributed by atoms with van der Waals surface area (Å²) in [5, 5.41) is 17.5. The van der Waals surface area contributed by atoms with E-state index in [0.717, 1.165) is 24.3 Å². The molecule has 0 atom stereocenters. The lowest BCUT2D eigenvalue weighted by molar-refractivity contribution is 0.0686. The second-order valence-electron chi connectivity index (χ2n) is 8.89. The van der Waals surface area contributed by atoms with Crippen molar-refractivity contribution in [2.75, 3.05) is 13.2 Å². The highest BCUT2D eigenvalue weighted by molar-refractivity contribution is 5.88. The molecule has 2 aromatic carbocycles. The number of rotatable bonds is 18. The molecule has 0 saturated carbocycles. The standard InChI is InChI=1S/2C15H22O3/c2*1-2-3-4-5-6-7-12-18-14-10-8-13(9-11-14)15(16)17/h2*8-11H,2-7,12H2,1H3,(H,16,17). The van der Waals surface area contributed by atoms with Gasteiger partial charge in [0.15, 0.2) is 0 Å². The van der Waals surface area contributed by atoms with Crippen LogP contribution in [0, 0.1) is 0 Å². The molecular formula is C30H44O6. The Morgan fingerprint density at radius 1 is 0.528 bits per heavy atom. The van der Waals surface area contributed by atoms with Gasteiger partial charge in [0.05, 0.1) is 24.3 Å². The number of aromatic carboxylic acids is 2. The Kier molecular flexibility index (Phi) is 17.4. The van der Waals surface area contributed by atoms with Gasteiger partial charge in [0.1, 0.15) is 11.5 Å². The molecule has 0 bridgehead atoms. The van der Waals surface area contributed by atoms with Gasteiger partial charge in [0.2, 0.25) is 0 Å². The van der Waals surface area contributed by atoms with Gasteiger partial charge in [-0.25, -0.2) is 9.59 Å². The molecule has 2 N–H and O–H groups in total. The van der Waals surface area contributed by atoms with Gasteiger partial charge in [-0.05, 0) is 61.4 Å². The molecule has 0 aliphatic carbocycles. The Morgan fingerprint density at radius 2 is 0.833 bits per heavy atom. The summed E-state index contributed by atoms with van der Waals surface area (Å²) in [6, 6.07) is 13.1. The molecule has 0 aliphatic heterocycles. The van der Waals surface area contributed by atoms with E-state index in [-0.39, 0.29) is 0 Å². The lowest BCUT2D eigenvalue weighted by Crippen LogP contribution is -1.99. The largest absolute Gasteiger partial charge is 0.494 e. The molecule has 2 rings (SSSR count). The van der Waals surface area contributed by atoms with Crippen molar-refractivity contribution in [1.82, 2.24) is 0 Å². The maximum atomic E-state index is 10.7. The Hall–Kier alpha value is -3.02. The Morgan fingerprint density at radius 3 is 1.14 bits per heavy atom. The lowest BCUT2D eigenvalue weighted by atomic mass is 10.1. The van der Waals surface area contributed by atoms with Crippen LogP contribution in [0.3, 0.4) is 0 Å². The van der Waals surface area contributed by atoms with E-state index in [1.165, 1.54) is 64.2 Å². The monoisotopic (exact) mass is 500 g/mol. The maximum absolute atomic E-state index is 10.7. The second-order valence-corrected chi connectivity index (χ2v) is 8.89. The first kappa shape index (κ1) is 31.0. The topological polar surface area (TPSA) is 93.1 Å². The fraction of sp³-hybridized carbons (Fsp3) is 0.533. The van der Waals surface area contributed by atoms with Crippen molar-refractivity contribution in [1.29, 1.82) is 0 Å². The van der Waals surface area contributed by atoms with Crippen LogP contribution >= 0.6 is 0 Å². The minimum Gasteiger partial charge on any atom is -0.494 e. The highest BCUT2D eigenvalue weighted by atomic mass is 16.5. The molecule has 0 aliphatic rings. The van der Waals surface area contributed by atoms with E-state index in [1.54, 1.807) is 48.5 Å². The Balaban J connectivity index is 0.000000360. The zero-order valence-corrected chi connectivity index (χ0v) is 22.0. The van der Waals surface area contributed by atoms with Gasteiger partial charge in [0.25, 0.3) is 0 Å². The van der Waals surface area contributed by atoms with E-state index in [2.05, 4.69) is 13.8 Å². The molecule has 0 unspecified atom stereocenters. The van der Waals surface area contributed by atoms with Crippen LogP contribution in [0.25, 0.3) is 0 Å². The first-order valence-corrected chi connectivity index (χ1v) is 13.4. The second kappa shape index (κ2) is 20.2. The Bertz CT molecular complexity index is 758. The first-order valence-electron chi connectivity index (χ1n) is 13.4. The lowest BCUT2D eigenvalue weighted by Gasteiger charge is -2.06. The van der Waals surface area contributed by atoms with E-state index in [9.17, 15) is 9.59 Å². The molecule has 0 fully saturated rings. The molecule has 36 heavy (non-hydrogen) atoms. The quantitative estimate of drug-likeness (QED) is 0.200. The number of carboxylic acid groups (broad SMARTS) is 2. The van der Waals surface area contributed by atoms with Gasteiger partial charge >= 0.3 is 11.9 Å². The van der Waals surface area contributed by atoms with Crippen LogP contribution in [0.1, 0.15) is 112 Å². The third kappa shape index (κ3) is 15.1. The molecule has 200 valence electrons. The van der Waals surface area contributed by atoms with Crippen LogP contribution in [0.5, 0.6) is 11.5 Å². The molecule has 0 aromatic heterocycles. The minimum absolute atomic E-state index is 0.293. The molecule has 0 saturated heterocycles. The average Bonchev–Trinajstić information content (AvgIpc) is 2.88. The molecule has 6 nitrogen and oxygen atoms in total. The zero-order valence-electron chi connectivity index (χ0n) is 22.0. The van der Waals surface area contributed by atoms with Crippen molar-refractivity contribution in [2.24, 2.45) is 0 Å². The third-order valence-corrected chi connectivity index (χ3v) is 5.74. The van der Waals surface area contributed by atoms with Crippen LogP contribution in [-0.2, 0) is 0 Å². The fourth-order valence-corrected chi connectivity index (χ4v) is 3.53. The molecule has 0 radical (unpaired) electrons. The van der Waals surface area contributed by atoms with Gasteiger partial charge in [0, 0.05) is 0 Å². The summed E-state index contributed by atoms with van der Waals surface area (Å²) in [5.74, 6) is -0.322. The van der Waals surface area contributed by atoms with Gasteiger partial charge < -0.3 is 19.7 Å². The van der Waals surface area contributed by atoms with Crippen LogP contribution < -0.4 is 9.47 Å². The van der Waals surface area contributed by atoms with Gasteiger partial charge in [-0.3, -0.25) is 0 Å². The SMILES string of the molecule is CCCCCCCCOc1ccc(C(=O)O)cc1.CCCCCCCCOc1ccc(C(=O)O)cc1. The summed E-state index contributed by atoms with van der Waals surface area (Å²) in [6.45, 7) is 5.84. The van der Waals surface area contributed by atoms with Crippen LogP contribution in [0.4, 0.5) is 0 Å². The summed E-state index contributed by atoms with van der Waals surface area (Å²) in [7, 11) is 0. The number of hydrogen-bond donors (Lipinski definition) is 2. The fourth-order valence-electron chi connectivity index (χ4n) is 3.53. The number of carbonyl (C=O) groups is 2. The normalized spacial score (nSPS) is 10.3. The van der Waals surface area contributed by atoms with Gasteiger partial charge in [-0.15, -0.1) is 0 Å². The highest BCUT2D eigenvalue weighted by Crippen LogP contribution is 2.14. The van der Waals surface area contributed by atoms with Crippen LogP contribution in [-0.4, -0.2) is 35.4 Å².